The molecule has 0 aliphatic carbocycles. The second kappa shape index (κ2) is 6.34. The second-order valence-electron chi connectivity index (χ2n) is 6.10. The van der Waals surface area contributed by atoms with E-state index in [1.165, 1.54) is 17.4 Å². The van der Waals surface area contributed by atoms with Crippen molar-refractivity contribution in [1.29, 1.82) is 0 Å². The summed E-state index contributed by atoms with van der Waals surface area (Å²) < 4.78 is 5.31. The number of hydrogen-bond donors (Lipinski definition) is 0. The van der Waals surface area contributed by atoms with Crippen molar-refractivity contribution < 1.29 is 14.2 Å². The maximum absolute atomic E-state index is 12.5. The summed E-state index contributed by atoms with van der Waals surface area (Å²) in [6, 6.07) is 8.36. The summed E-state index contributed by atoms with van der Waals surface area (Å²) >= 11 is 1.53. The lowest BCUT2D eigenvalue weighted by Gasteiger charge is -2.37. The van der Waals surface area contributed by atoms with Gasteiger partial charge in [-0.3, -0.25) is 14.9 Å². The first kappa shape index (κ1) is 16.4. The minimum Gasteiger partial charge on any atom is -0.339 e. The minimum atomic E-state index is -0.477. The van der Waals surface area contributed by atoms with E-state index in [-0.39, 0.29) is 17.5 Å². The van der Waals surface area contributed by atoms with Crippen LogP contribution in [0.15, 0.2) is 40.2 Å². The van der Waals surface area contributed by atoms with Crippen molar-refractivity contribution >= 4 is 22.9 Å². The van der Waals surface area contributed by atoms with E-state index in [0.717, 1.165) is 4.88 Å². The van der Waals surface area contributed by atoms with E-state index in [4.69, 9.17) is 4.52 Å². The highest BCUT2D eigenvalue weighted by Crippen LogP contribution is 2.30. The van der Waals surface area contributed by atoms with E-state index in [1.807, 2.05) is 17.5 Å². The Morgan fingerprint density at radius 2 is 2.19 bits per heavy atom. The van der Waals surface area contributed by atoms with E-state index in [0.29, 0.717) is 35.9 Å². The van der Waals surface area contributed by atoms with Crippen LogP contribution >= 0.6 is 11.3 Å². The van der Waals surface area contributed by atoms with Crippen LogP contribution in [0.25, 0.3) is 10.7 Å². The van der Waals surface area contributed by atoms with E-state index < -0.39 is 4.92 Å². The van der Waals surface area contributed by atoms with E-state index in [2.05, 4.69) is 10.1 Å². The molecule has 0 radical (unpaired) electrons. The molecule has 1 amide bonds. The highest BCUT2D eigenvalue weighted by Gasteiger charge is 2.36. The minimum absolute atomic E-state index is 0.0133. The largest absolute Gasteiger partial charge is 0.339 e. The molecule has 0 N–H and O–H groups in total. The van der Waals surface area contributed by atoms with Crippen LogP contribution in [0.1, 0.15) is 27.7 Å². The fourth-order valence-corrected chi connectivity index (χ4v) is 3.48. The van der Waals surface area contributed by atoms with Gasteiger partial charge in [-0.2, -0.15) is 4.98 Å². The molecule has 0 unspecified atom stereocenters. The van der Waals surface area contributed by atoms with Crippen molar-refractivity contribution in [3.05, 3.63) is 62.8 Å². The number of aryl methyl sites for hydroxylation is 1. The number of benzene rings is 1. The number of hydrogen-bond acceptors (Lipinski definition) is 7. The quantitative estimate of drug-likeness (QED) is 0.516. The molecule has 0 saturated carbocycles. The molecule has 8 nitrogen and oxygen atoms in total. The molecule has 2 aromatic heterocycles. The van der Waals surface area contributed by atoms with Gasteiger partial charge in [0.25, 0.3) is 11.6 Å². The van der Waals surface area contributed by atoms with Gasteiger partial charge in [0.2, 0.25) is 11.7 Å². The van der Waals surface area contributed by atoms with Crippen molar-refractivity contribution in [2.75, 3.05) is 13.1 Å². The highest BCUT2D eigenvalue weighted by atomic mass is 32.1. The molecule has 26 heavy (non-hydrogen) atoms. The number of nitrogens with zero attached hydrogens (tertiary/aromatic N) is 4. The molecule has 1 aromatic carbocycles. The first-order chi connectivity index (χ1) is 12.5. The van der Waals surface area contributed by atoms with Crippen molar-refractivity contribution in [1.82, 2.24) is 15.0 Å². The lowest BCUT2D eigenvalue weighted by Crippen LogP contribution is -2.48. The Hall–Kier alpha value is -3.07. The maximum Gasteiger partial charge on any atom is 0.273 e. The topological polar surface area (TPSA) is 102 Å². The molecule has 0 spiro atoms. The zero-order valence-corrected chi connectivity index (χ0v) is 14.6. The van der Waals surface area contributed by atoms with Gasteiger partial charge in [0.1, 0.15) is 0 Å². The van der Waals surface area contributed by atoms with Crippen LogP contribution in [0.3, 0.4) is 0 Å². The molecular formula is C17H14N4O4S. The average Bonchev–Trinajstić information content (AvgIpc) is 3.25. The first-order valence-corrected chi connectivity index (χ1v) is 8.82. The van der Waals surface area contributed by atoms with Crippen LogP contribution in [-0.4, -0.2) is 39.0 Å². The normalized spacial score (nSPS) is 14.3. The maximum atomic E-state index is 12.5. The van der Waals surface area contributed by atoms with Crippen LogP contribution < -0.4 is 0 Å². The Bertz CT molecular complexity index is 977. The predicted octanol–water partition coefficient (Wildman–Crippen LogP) is 3.25. The van der Waals surface area contributed by atoms with E-state index >= 15 is 0 Å². The fraction of sp³-hybridized carbons (Fsp3) is 0.235. The smallest absolute Gasteiger partial charge is 0.273 e. The van der Waals surface area contributed by atoms with Crippen molar-refractivity contribution in [2.45, 2.75) is 12.8 Å². The summed E-state index contributed by atoms with van der Waals surface area (Å²) in [5.41, 5.74) is 0.788. The number of amides is 1. The number of thiophene rings is 1. The van der Waals surface area contributed by atoms with Gasteiger partial charge >= 0.3 is 0 Å². The Morgan fingerprint density at radius 3 is 2.88 bits per heavy atom. The van der Waals surface area contributed by atoms with Gasteiger partial charge < -0.3 is 9.42 Å². The third-order valence-corrected chi connectivity index (χ3v) is 5.22. The third-order valence-electron chi connectivity index (χ3n) is 4.35. The molecule has 1 aliphatic rings. The molecule has 3 heterocycles. The van der Waals surface area contributed by atoms with Gasteiger partial charge in [0.05, 0.1) is 15.7 Å². The van der Waals surface area contributed by atoms with Crippen molar-refractivity contribution in [3.8, 4) is 10.7 Å². The van der Waals surface area contributed by atoms with Gasteiger partial charge in [-0.25, -0.2) is 0 Å². The summed E-state index contributed by atoms with van der Waals surface area (Å²) in [5.74, 6) is 0.809. The molecule has 1 saturated heterocycles. The molecule has 3 aromatic rings. The van der Waals surface area contributed by atoms with E-state index in [9.17, 15) is 14.9 Å². The zero-order valence-electron chi connectivity index (χ0n) is 13.8. The molecule has 1 aliphatic heterocycles. The zero-order chi connectivity index (χ0) is 18.3. The molecule has 0 bridgehead atoms. The number of rotatable bonds is 4. The number of carbonyl (C=O) groups excluding carboxylic acids is 1. The number of nitro benzene ring substituents is 1. The van der Waals surface area contributed by atoms with Gasteiger partial charge in [-0.15, -0.1) is 11.3 Å². The molecular weight excluding hydrogens is 356 g/mol. The Morgan fingerprint density at radius 1 is 1.38 bits per heavy atom. The number of aromatic nitrogens is 2. The van der Waals surface area contributed by atoms with Crippen LogP contribution in [0, 0.1) is 17.0 Å². The number of nitro groups is 1. The van der Waals surface area contributed by atoms with Crippen molar-refractivity contribution in [3.63, 3.8) is 0 Å². The average molecular weight is 370 g/mol. The molecule has 1 fully saturated rings. The van der Waals surface area contributed by atoms with Crippen LogP contribution in [0.5, 0.6) is 0 Å². The Kier molecular flexibility index (Phi) is 4.00. The first-order valence-electron chi connectivity index (χ1n) is 7.94. The SMILES string of the molecule is Cc1ccc(C(=O)N2CC(c3nc(-c4cccs4)no3)C2)cc1[N+](=O)[O-]. The Labute approximate surface area is 152 Å². The monoisotopic (exact) mass is 370 g/mol. The van der Waals surface area contributed by atoms with Gasteiger partial charge in [0, 0.05) is 30.3 Å². The third kappa shape index (κ3) is 2.86. The summed E-state index contributed by atoms with van der Waals surface area (Å²) in [6.07, 6.45) is 0. The van der Waals surface area contributed by atoms with Crippen molar-refractivity contribution in [2.24, 2.45) is 0 Å². The van der Waals surface area contributed by atoms with Gasteiger partial charge in [-0.05, 0) is 24.4 Å². The van der Waals surface area contributed by atoms with Gasteiger partial charge in [-0.1, -0.05) is 17.3 Å². The molecule has 0 atom stereocenters. The number of likely N-dealkylation sites (tertiary alicyclic amines) is 1. The van der Waals surface area contributed by atoms with Gasteiger partial charge in [0.15, 0.2) is 0 Å². The standard InChI is InChI=1S/C17H14N4O4S/c1-10-4-5-11(7-13(10)21(23)24)17(22)20-8-12(9-20)16-18-15(19-25-16)14-3-2-6-26-14/h2-7,12H,8-9H2,1H3. The lowest BCUT2D eigenvalue weighted by molar-refractivity contribution is -0.385. The summed E-state index contributed by atoms with van der Waals surface area (Å²) in [5, 5.41) is 17.0. The fourth-order valence-electron chi connectivity index (χ4n) is 2.83. The summed E-state index contributed by atoms with van der Waals surface area (Å²) in [6.45, 7) is 2.55. The summed E-state index contributed by atoms with van der Waals surface area (Å²) in [7, 11) is 0. The van der Waals surface area contributed by atoms with E-state index in [1.54, 1.807) is 24.0 Å². The predicted molar refractivity (Wildman–Crippen MR) is 94.1 cm³/mol. The summed E-state index contributed by atoms with van der Waals surface area (Å²) in [4.78, 5) is 30.0. The Balaban J connectivity index is 1.44. The van der Waals surface area contributed by atoms with Crippen LogP contribution in [0.4, 0.5) is 5.69 Å². The molecule has 132 valence electrons. The molecule has 4 rings (SSSR count). The second-order valence-corrected chi connectivity index (χ2v) is 7.05. The number of carbonyl (C=O) groups is 1. The van der Waals surface area contributed by atoms with Crippen LogP contribution in [0.2, 0.25) is 0 Å². The lowest BCUT2D eigenvalue weighted by atomic mass is 9.98. The molecule has 9 heteroatoms. The highest BCUT2D eigenvalue weighted by molar-refractivity contribution is 7.13. The van der Waals surface area contributed by atoms with Crippen LogP contribution in [-0.2, 0) is 0 Å².